The number of guanidine groups is 1. The van der Waals surface area contributed by atoms with Crippen molar-refractivity contribution >= 4 is 18.1 Å². The SMILES string of the molecule is CC(C)(C)OC(=O)NC(=NCC1COc2ccccc2O1)NC(=O)OC(C)(C)C. The summed E-state index contributed by atoms with van der Waals surface area (Å²) in [6.45, 7) is 10.8. The van der Waals surface area contributed by atoms with Gasteiger partial charge in [0.05, 0.1) is 6.54 Å². The predicted octanol–water partition coefficient (Wildman–Crippen LogP) is 3.23. The highest BCUT2D eigenvalue weighted by Gasteiger charge is 2.23. The average Bonchev–Trinajstić information content (AvgIpc) is 2.56. The quantitative estimate of drug-likeness (QED) is 0.576. The maximum Gasteiger partial charge on any atom is 0.414 e. The molecule has 0 aliphatic carbocycles. The third-order valence-electron chi connectivity index (χ3n) is 3.26. The molecule has 0 radical (unpaired) electrons. The van der Waals surface area contributed by atoms with E-state index in [1.807, 2.05) is 18.2 Å². The molecule has 9 nitrogen and oxygen atoms in total. The summed E-state index contributed by atoms with van der Waals surface area (Å²) in [5.74, 6) is 1.17. The Bertz CT molecular complexity index is 732. The molecule has 2 rings (SSSR count). The zero-order chi connectivity index (χ0) is 21.7. The smallest absolute Gasteiger partial charge is 0.414 e. The van der Waals surface area contributed by atoms with Gasteiger partial charge in [-0.2, -0.15) is 0 Å². The van der Waals surface area contributed by atoms with Gasteiger partial charge in [0.2, 0.25) is 5.96 Å². The number of hydrogen-bond acceptors (Lipinski definition) is 7. The first-order valence-electron chi connectivity index (χ1n) is 9.34. The van der Waals surface area contributed by atoms with Gasteiger partial charge in [0.15, 0.2) is 17.6 Å². The van der Waals surface area contributed by atoms with Crippen LogP contribution in [0.25, 0.3) is 0 Å². The van der Waals surface area contributed by atoms with Crippen LogP contribution in [0.2, 0.25) is 0 Å². The lowest BCUT2D eigenvalue weighted by atomic mass is 10.2. The molecule has 2 N–H and O–H groups in total. The third-order valence-corrected chi connectivity index (χ3v) is 3.26. The molecule has 29 heavy (non-hydrogen) atoms. The van der Waals surface area contributed by atoms with Crippen LogP contribution in [0.5, 0.6) is 11.5 Å². The average molecular weight is 407 g/mol. The lowest BCUT2D eigenvalue weighted by Crippen LogP contribution is -2.47. The lowest BCUT2D eigenvalue weighted by Gasteiger charge is -2.26. The Morgan fingerprint density at radius 1 is 1.00 bits per heavy atom. The van der Waals surface area contributed by atoms with Gasteiger partial charge >= 0.3 is 12.2 Å². The number of hydrogen-bond donors (Lipinski definition) is 2. The van der Waals surface area contributed by atoms with Crippen LogP contribution in [0.15, 0.2) is 29.3 Å². The van der Waals surface area contributed by atoms with E-state index in [1.165, 1.54) is 0 Å². The number of aliphatic imine (C=N–C) groups is 1. The minimum absolute atomic E-state index is 0.101. The third kappa shape index (κ3) is 8.28. The van der Waals surface area contributed by atoms with Gasteiger partial charge in [-0.05, 0) is 53.7 Å². The normalized spacial score (nSPS) is 15.7. The Morgan fingerprint density at radius 3 is 2.03 bits per heavy atom. The van der Waals surface area contributed by atoms with E-state index in [1.54, 1.807) is 47.6 Å². The summed E-state index contributed by atoms with van der Waals surface area (Å²) in [7, 11) is 0. The van der Waals surface area contributed by atoms with E-state index in [4.69, 9.17) is 18.9 Å². The number of carbonyl (C=O) groups excluding carboxylic acids is 2. The molecule has 9 heteroatoms. The summed E-state index contributed by atoms with van der Waals surface area (Å²) in [5, 5.41) is 4.86. The number of rotatable bonds is 2. The molecule has 0 saturated heterocycles. The number of para-hydroxylation sites is 2. The number of amides is 2. The van der Waals surface area contributed by atoms with Crippen molar-refractivity contribution in [2.24, 2.45) is 4.99 Å². The summed E-state index contributed by atoms with van der Waals surface area (Å²) in [5.41, 5.74) is -1.41. The Labute approximate surface area is 170 Å². The van der Waals surface area contributed by atoms with Gasteiger partial charge in [-0.15, -0.1) is 0 Å². The molecule has 1 aromatic carbocycles. The summed E-state index contributed by atoms with van der Waals surface area (Å²) in [4.78, 5) is 28.4. The summed E-state index contributed by atoms with van der Waals surface area (Å²) >= 11 is 0. The largest absolute Gasteiger partial charge is 0.486 e. The van der Waals surface area contributed by atoms with Crippen LogP contribution in [-0.4, -0.2) is 48.6 Å². The maximum absolute atomic E-state index is 12.1. The molecule has 1 unspecified atom stereocenters. The van der Waals surface area contributed by atoms with Crippen LogP contribution in [0, 0.1) is 0 Å². The monoisotopic (exact) mass is 407 g/mol. The predicted molar refractivity (Wildman–Crippen MR) is 107 cm³/mol. The molecular weight excluding hydrogens is 378 g/mol. The van der Waals surface area contributed by atoms with Crippen LogP contribution in [0.4, 0.5) is 9.59 Å². The number of benzene rings is 1. The van der Waals surface area contributed by atoms with E-state index < -0.39 is 23.4 Å². The van der Waals surface area contributed by atoms with Gasteiger partial charge in [-0.3, -0.25) is 10.6 Å². The molecule has 0 fully saturated rings. The number of nitrogens with zero attached hydrogens (tertiary/aromatic N) is 1. The molecule has 160 valence electrons. The fourth-order valence-electron chi connectivity index (χ4n) is 2.26. The first kappa shape index (κ1) is 22.3. The molecular formula is C20H29N3O6. The second-order valence-electron chi connectivity index (χ2n) is 8.44. The topological polar surface area (TPSA) is 107 Å². The van der Waals surface area contributed by atoms with E-state index in [-0.39, 0.29) is 25.2 Å². The molecule has 1 atom stereocenters. The molecule has 0 spiro atoms. The van der Waals surface area contributed by atoms with Crippen LogP contribution < -0.4 is 20.1 Å². The fraction of sp³-hybridized carbons (Fsp3) is 0.550. The number of carbonyl (C=O) groups is 2. The lowest BCUT2D eigenvalue weighted by molar-refractivity contribution is 0.0544. The zero-order valence-corrected chi connectivity index (χ0v) is 17.7. The first-order chi connectivity index (χ1) is 13.4. The number of ether oxygens (including phenoxy) is 4. The first-order valence-corrected chi connectivity index (χ1v) is 9.34. The van der Waals surface area contributed by atoms with Crippen molar-refractivity contribution in [3.05, 3.63) is 24.3 Å². The van der Waals surface area contributed by atoms with E-state index in [2.05, 4.69) is 15.6 Å². The zero-order valence-electron chi connectivity index (χ0n) is 17.7. The van der Waals surface area contributed by atoms with Crippen LogP contribution in [0.1, 0.15) is 41.5 Å². The second kappa shape index (κ2) is 9.02. The number of fused-ring (bicyclic) bond motifs is 1. The van der Waals surface area contributed by atoms with Crippen LogP contribution >= 0.6 is 0 Å². The summed E-state index contributed by atoms with van der Waals surface area (Å²) in [6, 6.07) is 7.31. The molecule has 1 aromatic rings. The highest BCUT2D eigenvalue weighted by molar-refractivity contribution is 6.01. The van der Waals surface area contributed by atoms with Gasteiger partial charge < -0.3 is 18.9 Å². The Balaban J connectivity index is 2.05. The molecule has 0 bridgehead atoms. The highest BCUT2D eigenvalue weighted by atomic mass is 16.6. The van der Waals surface area contributed by atoms with Crippen molar-refractivity contribution in [3.63, 3.8) is 0 Å². The van der Waals surface area contributed by atoms with E-state index in [0.717, 1.165) is 0 Å². The highest BCUT2D eigenvalue weighted by Crippen LogP contribution is 2.30. The molecule has 1 aliphatic heterocycles. The fourth-order valence-corrected chi connectivity index (χ4v) is 2.26. The molecule has 1 heterocycles. The maximum atomic E-state index is 12.1. The van der Waals surface area contributed by atoms with Crippen LogP contribution in [0.3, 0.4) is 0 Å². The molecule has 2 amide bonds. The minimum atomic E-state index is -0.751. The summed E-state index contributed by atoms with van der Waals surface area (Å²) in [6.07, 6.45) is -1.89. The van der Waals surface area contributed by atoms with Crippen LogP contribution in [-0.2, 0) is 9.47 Å². The van der Waals surface area contributed by atoms with E-state index in [9.17, 15) is 9.59 Å². The Kier molecular flexibility index (Phi) is 6.94. The van der Waals surface area contributed by atoms with Crippen molar-refractivity contribution < 1.29 is 28.5 Å². The van der Waals surface area contributed by atoms with Crippen molar-refractivity contribution in [3.8, 4) is 11.5 Å². The molecule has 1 aliphatic rings. The van der Waals surface area contributed by atoms with Gasteiger partial charge in [0.1, 0.15) is 17.8 Å². The van der Waals surface area contributed by atoms with Crippen molar-refractivity contribution in [1.29, 1.82) is 0 Å². The Morgan fingerprint density at radius 2 is 1.52 bits per heavy atom. The van der Waals surface area contributed by atoms with Crippen molar-refractivity contribution in [2.45, 2.75) is 58.8 Å². The number of nitrogens with one attached hydrogen (secondary N) is 2. The van der Waals surface area contributed by atoms with Gasteiger partial charge in [0, 0.05) is 0 Å². The van der Waals surface area contributed by atoms with Crippen molar-refractivity contribution in [1.82, 2.24) is 10.6 Å². The second-order valence-corrected chi connectivity index (χ2v) is 8.44. The van der Waals surface area contributed by atoms with Gasteiger partial charge in [0.25, 0.3) is 0 Å². The van der Waals surface area contributed by atoms with E-state index >= 15 is 0 Å². The molecule has 0 aromatic heterocycles. The van der Waals surface area contributed by atoms with E-state index in [0.29, 0.717) is 11.5 Å². The summed E-state index contributed by atoms with van der Waals surface area (Å²) < 4.78 is 21.9. The minimum Gasteiger partial charge on any atom is -0.486 e. The molecule has 0 saturated carbocycles. The Hall–Kier alpha value is -2.97. The van der Waals surface area contributed by atoms with Gasteiger partial charge in [-0.25, -0.2) is 14.6 Å². The van der Waals surface area contributed by atoms with Crippen molar-refractivity contribution in [2.75, 3.05) is 13.2 Å². The standard InChI is InChI=1S/C20H29N3O6/c1-19(2,3)28-17(24)22-16(23-18(25)29-20(4,5)6)21-11-13-12-26-14-9-7-8-10-15(14)27-13/h7-10,13H,11-12H2,1-6H3,(H2,21,22,23,24,25). The van der Waals surface area contributed by atoms with Gasteiger partial charge in [-0.1, -0.05) is 12.1 Å². The number of alkyl carbamates (subject to hydrolysis) is 2.